The number of nitrogens with zero attached hydrogens (tertiary/aromatic N) is 2. The summed E-state index contributed by atoms with van der Waals surface area (Å²) in [5.41, 5.74) is 3.35. The van der Waals surface area contributed by atoms with Crippen LogP contribution in [0.2, 0.25) is 0 Å². The van der Waals surface area contributed by atoms with Crippen molar-refractivity contribution >= 4 is 11.6 Å². The van der Waals surface area contributed by atoms with Crippen LogP contribution in [0.1, 0.15) is 50.7 Å². The Hall–Kier alpha value is -2.33. The highest BCUT2D eigenvalue weighted by Gasteiger charge is 2.34. The van der Waals surface area contributed by atoms with Gasteiger partial charge in [-0.05, 0) is 62.4 Å². The first-order chi connectivity index (χ1) is 13.5. The summed E-state index contributed by atoms with van der Waals surface area (Å²) < 4.78 is 0. The van der Waals surface area contributed by atoms with Gasteiger partial charge in [-0.15, -0.1) is 5.06 Å². The van der Waals surface area contributed by atoms with Gasteiger partial charge in [-0.2, -0.15) is 0 Å². The lowest BCUT2D eigenvalue weighted by atomic mass is 9.95. The van der Waals surface area contributed by atoms with E-state index in [2.05, 4.69) is 44.0 Å². The highest BCUT2D eigenvalue weighted by Crippen LogP contribution is 2.30. The molecule has 0 bridgehead atoms. The van der Waals surface area contributed by atoms with E-state index in [1.54, 1.807) is 0 Å². The molecule has 4 nitrogen and oxygen atoms in total. The van der Waals surface area contributed by atoms with Crippen LogP contribution in [-0.4, -0.2) is 29.6 Å². The van der Waals surface area contributed by atoms with E-state index in [1.807, 2.05) is 42.2 Å². The number of hydrogen-bond acceptors (Lipinski definition) is 3. The van der Waals surface area contributed by atoms with Gasteiger partial charge < -0.3 is 9.74 Å². The van der Waals surface area contributed by atoms with Crippen molar-refractivity contribution in [3.05, 3.63) is 59.7 Å². The molecular weight excluding hydrogens is 348 g/mol. The highest BCUT2D eigenvalue weighted by atomic mass is 16.7. The predicted octanol–water partition coefficient (Wildman–Crippen LogP) is 5.28. The first-order valence-electron chi connectivity index (χ1n) is 10.4. The van der Waals surface area contributed by atoms with Gasteiger partial charge in [0.25, 0.3) is 0 Å². The molecule has 1 heterocycles. The molecule has 1 amide bonds. The number of hydrogen-bond donors (Lipinski definition) is 0. The molecule has 2 unspecified atom stereocenters. The van der Waals surface area contributed by atoms with E-state index >= 15 is 0 Å². The van der Waals surface area contributed by atoms with E-state index in [9.17, 15) is 4.79 Å². The first-order valence-corrected chi connectivity index (χ1v) is 10.4. The summed E-state index contributed by atoms with van der Waals surface area (Å²) in [7, 11) is 0. The number of benzene rings is 2. The lowest BCUT2D eigenvalue weighted by Crippen LogP contribution is -2.52. The third-order valence-electron chi connectivity index (χ3n) is 5.64. The van der Waals surface area contributed by atoms with Crippen molar-refractivity contribution in [3.63, 3.8) is 0 Å². The molecule has 1 fully saturated rings. The van der Waals surface area contributed by atoms with Crippen LogP contribution >= 0.6 is 0 Å². The van der Waals surface area contributed by atoms with Crippen molar-refractivity contribution in [3.8, 4) is 5.75 Å². The molecule has 0 saturated carbocycles. The molecule has 0 N–H and O–H groups in total. The molecule has 0 aromatic heterocycles. The maximum Gasteiger partial charge on any atom is 0.226 e. The molecular formula is C24H32N2O2. The predicted molar refractivity (Wildman–Crippen MR) is 115 cm³/mol. The van der Waals surface area contributed by atoms with Crippen LogP contribution in [0, 0.1) is 13.8 Å². The number of anilines is 1. The van der Waals surface area contributed by atoms with Crippen molar-refractivity contribution in [2.45, 2.75) is 65.5 Å². The summed E-state index contributed by atoms with van der Waals surface area (Å²) >= 11 is 0. The van der Waals surface area contributed by atoms with Gasteiger partial charge in [0.05, 0.1) is 0 Å². The quantitative estimate of drug-likeness (QED) is 0.683. The number of para-hydroxylation sites is 1. The van der Waals surface area contributed by atoms with Crippen molar-refractivity contribution in [2.75, 3.05) is 11.4 Å². The smallest absolute Gasteiger partial charge is 0.226 e. The monoisotopic (exact) mass is 380 g/mol. The minimum atomic E-state index is 0.190. The number of piperidine rings is 1. The highest BCUT2D eigenvalue weighted by molar-refractivity contribution is 5.93. The molecule has 2 aromatic rings. The van der Waals surface area contributed by atoms with Gasteiger partial charge in [-0.25, -0.2) is 0 Å². The summed E-state index contributed by atoms with van der Waals surface area (Å²) in [6.45, 7) is 9.12. The average Bonchev–Trinajstić information content (AvgIpc) is 2.72. The fourth-order valence-electron chi connectivity index (χ4n) is 3.98. The fourth-order valence-corrected chi connectivity index (χ4v) is 3.98. The molecule has 2 atom stereocenters. The molecule has 3 rings (SSSR count). The number of amides is 1. The van der Waals surface area contributed by atoms with Crippen LogP contribution in [0.3, 0.4) is 0 Å². The minimum Gasteiger partial charge on any atom is -0.405 e. The Bertz CT molecular complexity index is 790. The number of rotatable bonds is 6. The lowest BCUT2D eigenvalue weighted by molar-refractivity contribution is -0.125. The molecule has 28 heavy (non-hydrogen) atoms. The second-order valence-corrected chi connectivity index (χ2v) is 7.69. The van der Waals surface area contributed by atoms with Crippen LogP contribution in [0.5, 0.6) is 5.75 Å². The van der Waals surface area contributed by atoms with Crippen LogP contribution < -0.4 is 9.74 Å². The van der Waals surface area contributed by atoms with Gasteiger partial charge >= 0.3 is 0 Å². The fraction of sp³-hybridized carbons (Fsp3) is 0.458. The molecule has 150 valence electrons. The van der Waals surface area contributed by atoms with Gasteiger partial charge in [0.15, 0.2) is 5.75 Å². The lowest BCUT2D eigenvalue weighted by Gasteiger charge is -2.42. The van der Waals surface area contributed by atoms with E-state index < -0.39 is 0 Å². The maximum atomic E-state index is 12.7. The molecule has 2 aromatic carbocycles. The molecule has 1 aliphatic rings. The van der Waals surface area contributed by atoms with Gasteiger partial charge in [0, 0.05) is 30.7 Å². The van der Waals surface area contributed by atoms with E-state index in [4.69, 9.17) is 4.84 Å². The summed E-state index contributed by atoms with van der Waals surface area (Å²) in [5.74, 6) is 1.12. The van der Waals surface area contributed by atoms with Crippen molar-refractivity contribution in [1.82, 2.24) is 5.06 Å². The number of carbonyl (C=O) groups excluding carboxylic acids is 1. The van der Waals surface area contributed by atoms with Crippen LogP contribution in [0.4, 0.5) is 5.69 Å². The standard InChI is InChI=1S/C24H32N2O2/c1-5-20-17-22(26(24(27)6-2)21-10-8-7-9-11-21)14-15-25(20)28-23-16-18(3)12-13-19(23)4/h7-13,16,20,22H,5-6,14-15,17H2,1-4H3. The summed E-state index contributed by atoms with van der Waals surface area (Å²) in [6, 6.07) is 16.9. The Morgan fingerprint density at radius 1 is 1.14 bits per heavy atom. The Kier molecular flexibility index (Phi) is 6.74. The normalized spacial score (nSPS) is 20.0. The van der Waals surface area contributed by atoms with Crippen LogP contribution in [0.25, 0.3) is 0 Å². The van der Waals surface area contributed by atoms with Crippen molar-refractivity contribution in [2.24, 2.45) is 0 Å². The number of carbonyl (C=O) groups is 1. The molecule has 0 aliphatic carbocycles. The summed E-state index contributed by atoms with van der Waals surface area (Å²) in [4.78, 5) is 21.1. The largest absolute Gasteiger partial charge is 0.405 e. The molecule has 1 saturated heterocycles. The zero-order valence-electron chi connectivity index (χ0n) is 17.5. The van der Waals surface area contributed by atoms with E-state index in [0.29, 0.717) is 6.42 Å². The Balaban J connectivity index is 1.77. The molecule has 1 aliphatic heterocycles. The van der Waals surface area contributed by atoms with Gasteiger partial charge in [-0.1, -0.05) is 44.2 Å². The topological polar surface area (TPSA) is 32.8 Å². The van der Waals surface area contributed by atoms with Crippen molar-refractivity contribution < 1.29 is 9.63 Å². The summed E-state index contributed by atoms with van der Waals surface area (Å²) in [6.07, 6.45) is 3.33. The minimum absolute atomic E-state index is 0.190. The van der Waals surface area contributed by atoms with Gasteiger partial charge in [0.1, 0.15) is 0 Å². The van der Waals surface area contributed by atoms with Crippen molar-refractivity contribution in [1.29, 1.82) is 0 Å². The third kappa shape index (κ3) is 4.56. The molecule has 0 radical (unpaired) electrons. The van der Waals surface area contributed by atoms with Gasteiger partial charge in [-0.3, -0.25) is 4.79 Å². The zero-order chi connectivity index (χ0) is 20.1. The Morgan fingerprint density at radius 3 is 2.57 bits per heavy atom. The third-order valence-corrected chi connectivity index (χ3v) is 5.64. The van der Waals surface area contributed by atoms with Crippen LogP contribution in [0.15, 0.2) is 48.5 Å². The average molecular weight is 381 g/mol. The Morgan fingerprint density at radius 2 is 1.89 bits per heavy atom. The Labute approximate surface area is 169 Å². The van der Waals surface area contributed by atoms with Gasteiger partial charge in [0.2, 0.25) is 5.91 Å². The molecule has 0 spiro atoms. The van der Waals surface area contributed by atoms with E-state index in [0.717, 1.165) is 42.8 Å². The zero-order valence-corrected chi connectivity index (χ0v) is 17.5. The second kappa shape index (κ2) is 9.24. The maximum absolute atomic E-state index is 12.7. The number of hydroxylamine groups is 2. The van der Waals surface area contributed by atoms with E-state index in [-0.39, 0.29) is 18.0 Å². The van der Waals surface area contributed by atoms with E-state index in [1.165, 1.54) is 5.56 Å². The SMILES string of the molecule is CCC(=O)N(c1ccccc1)C1CCN(Oc2cc(C)ccc2C)C(CC)C1. The summed E-state index contributed by atoms with van der Waals surface area (Å²) in [5, 5.41) is 2.12. The second-order valence-electron chi connectivity index (χ2n) is 7.69. The number of aryl methyl sites for hydroxylation is 2. The van der Waals surface area contributed by atoms with Crippen LogP contribution in [-0.2, 0) is 4.79 Å². The molecule has 4 heteroatoms. The first kappa shape index (κ1) is 20.4.